The van der Waals surface area contributed by atoms with Crippen LogP contribution in [0.1, 0.15) is 32.0 Å². The first-order valence-corrected chi connectivity index (χ1v) is 12.1. The third-order valence-corrected chi connectivity index (χ3v) is 6.75. The Balaban J connectivity index is 1.54. The van der Waals surface area contributed by atoms with Crippen molar-refractivity contribution in [2.75, 3.05) is 18.4 Å². The number of halogens is 2. The van der Waals surface area contributed by atoms with E-state index in [4.69, 9.17) is 23.2 Å². The summed E-state index contributed by atoms with van der Waals surface area (Å²) < 4.78 is 2.01. The summed E-state index contributed by atoms with van der Waals surface area (Å²) in [5, 5.41) is 13.1. The van der Waals surface area contributed by atoms with Crippen LogP contribution in [-0.4, -0.2) is 48.9 Å². The summed E-state index contributed by atoms with van der Waals surface area (Å²) in [6.45, 7) is 4.66. The summed E-state index contributed by atoms with van der Waals surface area (Å²) in [4.78, 5) is 19.3. The van der Waals surface area contributed by atoms with Crippen LogP contribution in [0, 0.1) is 0 Å². The van der Waals surface area contributed by atoms with Gasteiger partial charge >= 0.3 is 0 Å². The van der Waals surface area contributed by atoms with Crippen molar-refractivity contribution in [3.63, 3.8) is 0 Å². The molecule has 1 aromatic carbocycles. The molecule has 168 valence electrons. The molecule has 1 fully saturated rings. The van der Waals surface area contributed by atoms with Gasteiger partial charge in [0.25, 0.3) is 0 Å². The summed E-state index contributed by atoms with van der Waals surface area (Å²) in [5.41, 5.74) is 0.917. The van der Waals surface area contributed by atoms with Crippen LogP contribution in [0.25, 0.3) is 5.69 Å². The second kappa shape index (κ2) is 10.7. The lowest BCUT2D eigenvalue weighted by Crippen LogP contribution is -2.30. The van der Waals surface area contributed by atoms with Crippen LogP contribution in [0.15, 0.2) is 47.8 Å². The number of likely N-dealkylation sites (tertiary alicyclic amines) is 1. The van der Waals surface area contributed by atoms with Gasteiger partial charge in [0.1, 0.15) is 5.82 Å². The van der Waals surface area contributed by atoms with E-state index in [9.17, 15) is 4.79 Å². The number of piperidine rings is 1. The average molecular weight is 491 g/mol. The largest absolute Gasteiger partial charge is 0.310 e. The number of thioether (sulfide) groups is 1. The van der Waals surface area contributed by atoms with Gasteiger partial charge < -0.3 is 5.32 Å². The first kappa shape index (κ1) is 23.0. The van der Waals surface area contributed by atoms with E-state index < -0.39 is 5.25 Å². The molecule has 0 unspecified atom stereocenters. The van der Waals surface area contributed by atoms with Crippen LogP contribution in [0.5, 0.6) is 0 Å². The second-order valence-electron chi connectivity index (χ2n) is 7.66. The van der Waals surface area contributed by atoms with Crippen LogP contribution in [0.4, 0.5) is 5.82 Å². The monoisotopic (exact) mass is 490 g/mol. The number of hydrogen-bond acceptors (Lipinski definition) is 6. The van der Waals surface area contributed by atoms with Crippen molar-refractivity contribution in [2.24, 2.45) is 0 Å². The quantitative estimate of drug-likeness (QED) is 0.465. The molecule has 3 aromatic rings. The lowest BCUT2D eigenvalue weighted by Gasteiger charge is -2.26. The normalized spacial score (nSPS) is 15.5. The molecule has 0 spiro atoms. The number of carbonyl (C=O) groups is 1. The highest BCUT2D eigenvalue weighted by molar-refractivity contribution is 8.00. The molecule has 1 amide bonds. The molecule has 2 aromatic heterocycles. The highest BCUT2D eigenvalue weighted by Crippen LogP contribution is 2.28. The molecule has 1 atom stereocenters. The van der Waals surface area contributed by atoms with Crippen LogP contribution in [-0.2, 0) is 11.3 Å². The number of benzene rings is 1. The number of carbonyl (C=O) groups excluding carboxylic acids is 1. The third kappa shape index (κ3) is 5.81. The van der Waals surface area contributed by atoms with Crippen molar-refractivity contribution in [1.82, 2.24) is 24.6 Å². The highest BCUT2D eigenvalue weighted by atomic mass is 35.5. The van der Waals surface area contributed by atoms with Gasteiger partial charge in [-0.3, -0.25) is 14.3 Å². The second-order valence-corrected chi connectivity index (χ2v) is 9.84. The maximum Gasteiger partial charge on any atom is 0.238 e. The summed E-state index contributed by atoms with van der Waals surface area (Å²) in [6.07, 6.45) is 5.18. The zero-order chi connectivity index (χ0) is 22.5. The molecular formula is C22H24Cl2N6OS. The number of amides is 1. The Bertz CT molecular complexity index is 1050. The molecule has 4 rings (SSSR count). The van der Waals surface area contributed by atoms with Crippen molar-refractivity contribution < 1.29 is 4.79 Å². The minimum Gasteiger partial charge on any atom is -0.310 e. The van der Waals surface area contributed by atoms with Gasteiger partial charge in [-0.25, -0.2) is 4.98 Å². The minimum absolute atomic E-state index is 0.173. The fourth-order valence-corrected chi connectivity index (χ4v) is 4.66. The molecule has 1 N–H and O–H groups in total. The molecule has 1 saturated heterocycles. The van der Waals surface area contributed by atoms with Crippen LogP contribution >= 0.6 is 35.0 Å². The third-order valence-electron chi connectivity index (χ3n) is 5.23. The number of anilines is 1. The van der Waals surface area contributed by atoms with Gasteiger partial charge in [-0.05, 0) is 69.3 Å². The zero-order valence-corrected chi connectivity index (χ0v) is 20.0. The Morgan fingerprint density at radius 2 is 1.78 bits per heavy atom. The number of rotatable bonds is 7. The topological polar surface area (TPSA) is 75.9 Å². The van der Waals surface area contributed by atoms with Crippen molar-refractivity contribution in [3.8, 4) is 5.69 Å². The van der Waals surface area contributed by atoms with E-state index in [0.717, 1.165) is 24.6 Å². The lowest BCUT2D eigenvalue weighted by molar-refractivity contribution is -0.115. The SMILES string of the molecule is C[C@@H](Sc1nnc(CN2CCCCC2)n1-c1ccc(Cl)cc1)C(=O)Nc1ccc(Cl)cn1. The molecule has 7 nitrogen and oxygen atoms in total. The average Bonchev–Trinajstić information content (AvgIpc) is 3.18. The van der Waals surface area contributed by atoms with Gasteiger partial charge in [-0.15, -0.1) is 10.2 Å². The van der Waals surface area contributed by atoms with Gasteiger partial charge in [0.05, 0.1) is 16.8 Å². The fraction of sp³-hybridized carbons (Fsp3) is 0.364. The molecule has 0 radical (unpaired) electrons. The van der Waals surface area contributed by atoms with E-state index in [0.29, 0.717) is 27.6 Å². The van der Waals surface area contributed by atoms with Crippen LogP contribution in [0.3, 0.4) is 0 Å². The first-order chi connectivity index (χ1) is 15.5. The van der Waals surface area contributed by atoms with Gasteiger partial charge in [0.15, 0.2) is 11.0 Å². The molecular weight excluding hydrogens is 467 g/mol. The van der Waals surface area contributed by atoms with Crippen molar-refractivity contribution in [1.29, 1.82) is 0 Å². The summed E-state index contributed by atoms with van der Waals surface area (Å²) in [6, 6.07) is 10.9. The van der Waals surface area contributed by atoms with E-state index in [1.54, 1.807) is 12.1 Å². The van der Waals surface area contributed by atoms with Gasteiger partial charge in [-0.1, -0.05) is 41.4 Å². The number of nitrogens with one attached hydrogen (secondary N) is 1. The van der Waals surface area contributed by atoms with Crippen molar-refractivity contribution >= 4 is 46.7 Å². The lowest BCUT2D eigenvalue weighted by atomic mass is 10.1. The molecule has 32 heavy (non-hydrogen) atoms. The van der Waals surface area contributed by atoms with Crippen molar-refractivity contribution in [2.45, 2.75) is 43.1 Å². The summed E-state index contributed by atoms with van der Waals surface area (Å²) in [7, 11) is 0. The first-order valence-electron chi connectivity index (χ1n) is 10.5. The van der Waals surface area contributed by atoms with Gasteiger partial charge in [-0.2, -0.15) is 0 Å². The Morgan fingerprint density at radius 1 is 1.06 bits per heavy atom. The van der Waals surface area contributed by atoms with Crippen LogP contribution < -0.4 is 5.32 Å². The Morgan fingerprint density at radius 3 is 2.47 bits per heavy atom. The van der Waals surface area contributed by atoms with Gasteiger partial charge in [0.2, 0.25) is 5.91 Å². The molecule has 1 aliphatic heterocycles. The van der Waals surface area contributed by atoms with E-state index in [1.165, 1.54) is 37.2 Å². The molecule has 10 heteroatoms. The Hall–Kier alpha value is -2.13. The molecule has 1 aliphatic rings. The minimum atomic E-state index is -0.412. The van der Waals surface area contributed by atoms with E-state index >= 15 is 0 Å². The van der Waals surface area contributed by atoms with E-state index in [2.05, 4.69) is 25.4 Å². The maximum atomic E-state index is 12.7. The predicted molar refractivity (Wildman–Crippen MR) is 129 cm³/mol. The highest BCUT2D eigenvalue weighted by Gasteiger charge is 2.23. The molecule has 3 heterocycles. The Labute approximate surface area is 201 Å². The maximum absolute atomic E-state index is 12.7. The molecule has 0 aliphatic carbocycles. The van der Waals surface area contributed by atoms with E-state index in [1.807, 2.05) is 35.8 Å². The molecule has 0 bridgehead atoms. The summed E-state index contributed by atoms with van der Waals surface area (Å²) >= 11 is 13.3. The van der Waals surface area contributed by atoms with Gasteiger partial charge in [0, 0.05) is 16.9 Å². The number of hydrogen-bond donors (Lipinski definition) is 1. The predicted octanol–water partition coefficient (Wildman–Crippen LogP) is 5.07. The number of nitrogens with zero attached hydrogens (tertiary/aromatic N) is 5. The van der Waals surface area contributed by atoms with Crippen molar-refractivity contribution in [3.05, 3.63) is 58.5 Å². The summed E-state index contributed by atoms with van der Waals surface area (Å²) in [5.74, 6) is 1.13. The van der Waals surface area contributed by atoms with Crippen LogP contribution in [0.2, 0.25) is 10.0 Å². The fourth-order valence-electron chi connectivity index (χ4n) is 3.54. The number of pyridine rings is 1. The Kier molecular flexibility index (Phi) is 7.67. The smallest absolute Gasteiger partial charge is 0.238 e. The number of aromatic nitrogens is 4. The zero-order valence-electron chi connectivity index (χ0n) is 17.7. The standard InChI is InChI=1S/C22H24Cl2N6OS/c1-15(21(31)26-19-10-7-17(24)13-25-19)32-22-28-27-20(14-29-11-3-2-4-12-29)30(22)18-8-5-16(23)6-9-18/h5-10,13,15H,2-4,11-12,14H2,1H3,(H,25,26,31)/t15-/m1/s1. The van der Waals surface area contributed by atoms with E-state index in [-0.39, 0.29) is 5.91 Å². The molecule has 0 saturated carbocycles.